The number of hydrogen-bond acceptors (Lipinski definition) is 5. The molecule has 0 radical (unpaired) electrons. The van der Waals surface area contributed by atoms with E-state index in [4.69, 9.17) is 15.1 Å². The van der Waals surface area contributed by atoms with E-state index in [9.17, 15) is 4.79 Å². The number of ketones is 1. The summed E-state index contributed by atoms with van der Waals surface area (Å²) in [5.74, 6) is 1.76. The van der Waals surface area contributed by atoms with Crippen LogP contribution in [0.4, 0.5) is 5.69 Å². The smallest absolute Gasteiger partial charge is 0.182 e. The maximum absolute atomic E-state index is 13.1. The highest BCUT2D eigenvalue weighted by Crippen LogP contribution is 2.44. The maximum atomic E-state index is 13.1. The van der Waals surface area contributed by atoms with Crippen LogP contribution in [0.1, 0.15) is 65.5 Å². The van der Waals surface area contributed by atoms with Gasteiger partial charge in [0.1, 0.15) is 17.3 Å². The summed E-state index contributed by atoms with van der Waals surface area (Å²) in [6, 6.07) is 7.97. The van der Waals surface area contributed by atoms with Crippen molar-refractivity contribution >= 4 is 17.3 Å². The Bertz CT molecular complexity index is 1040. The van der Waals surface area contributed by atoms with Crippen molar-refractivity contribution in [2.24, 2.45) is 0 Å². The maximum Gasteiger partial charge on any atom is 0.182 e. The van der Waals surface area contributed by atoms with E-state index in [1.54, 1.807) is 0 Å². The first kappa shape index (κ1) is 18.2. The highest BCUT2D eigenvalue weighted by Gasteiger charge is 2.35. The average molecular weight is 390 g/mol. The van der Waals surface area contributed by atoms with E-state index in [2.05, 4.69) is 31.3 Å². The van der Waals surface area contributed by atoms with Crippen molar-refractivity contribution in [1.82, 2.24) is 9.88 Å². The fourth-order valence-corrected chi connectivity index (χ4v) is 4.24. The second-order valence-electron chi connectivity index (χ2n) is 8.97. The molecule has 5 rings (SSSR count). The van der Waals surface area contributed by atoms with Gasteiger partial charge >= 0.3 is 0 Å². The van der Waals surface area contributed by atoms with E-state index in [1.165, 1.54) is 12.8 Å². The lowest BCUT2D eigenvalue weighted by atomic mass is 9.85. The number of hydrogen-bond donors (Lipinski definition) is 2. The van der Waals surface area contributed by atoms with Gasteiger partial charge in [-0.1, -0.05) is 19.9 Å². The summed E-state index contributed by atoms with van der Waals surface area (Å²) >= 11 is 0. The zero-order chi connectivity index (χ0) is 20.3. The van der Waals surface area contributed by atoms with Crippen LogP contribution in [0.2, 0.25) is 0 Å². The van der Waals surface area contributed by atoms with Gasteiger partial charge in [-0.3, -0.25) is 10.2 Å². The molecule has 3 heterocycles. The summed E-state index contributed by atoms with van der Waals surface area (Å²) in [5, 5.41) is 11.7. The third kappa shape index (κ3) is 2.98. The molecule has 1 aliphatic carbocycles. The first-order chi connectivity index (χ1) is 13.9. The Balaban J connectivity index is 1.39. The van der Waals surface area contributed by atoms with Gasteiger partial charge in [-0.15, -0.1) is 0 Å². The highest BCUT2D eigenvalue weighted by molar-refractivity contribution is 6.05. The molecule has 1 fully saturated rings. The molecule has 0 spiro atoms. The second kappa shape index (κ2) is 6.31. The number of anilines is 1. The van der Waals surface area contributed by atoms with Gasteiger partial charge in [-0.05, 0) is 31.0 Å². The summed E-state index contributed by atoms with van der Waals surface area (Å²) in [4.78, 5) is 19.7. The van der Waals surface area contributed by atoms with Gasteiger partial charge in [-0.25, -0.2) is 4.98 Å². The standard InChI is InChI=1S/C23H26N4O2/c1-23(2)12-29-21-16(23)8-15(9-18(21)25-3)19(28)11-27-10-14-6-7-17(13-4-5-13)26-20(14)22(27)24/h6-9,13,24-25H,4-5,10-12H2,1-3H3. The number of pyridine rings is 1. The normalized spacial score (nSPS) is 19.0. The zero-order valence-electron chi connectivity index (χ0n) is 17.1. The van der Waals surface area contributed by atoms with Gasteiger partial charge < -0.3 is 15.0 Å². The number of nitrogens with one attached hydrogen (secondary N) is 2. The topological polar surface area (TPSA) is 78.3 Å². The van der Waals surface area contributed by atoms with E-state index in [-0.39, 0.29) is 17.7 Å². The molecule has 2 aliphatic heterocycles. The minimum absolute atomic E-state index is 0.00646. The SMILES string of the molecule is CNc1cc(C(=O)CN2Cc3ccc(C4CC4)nc3C2=N)cc2c1OCC2(C)C. The lowest BCUT2D eigenvalue weighted by Crippen LogP contribution is -2.30. The van der Waals surface area contributed by atoms with Crippen molar-refractivity contribution in [2.75, 3.05) is 25.5 Å². The van der Waals surface area contributed by atoms with E-state index in [1.807, 2.05) is 24.1 Å². The number of amidine groups is 1. The molecule has 1 saturated carbocycles. The van der Waals surface area contributed by atoms with Crippen molar-refractivity contribution in [3.63, 3.8) is 0 Å². The molecule has 150 valence electrons. The van der Waals surface area contributed by atoms with Crippen LogP contribution in [-0.4, -0.2) is 41.7 Å². The van der Waals surface area contributed by atoms with Crippen molar-refractivity contribution < 1.29 is 9.53 Å². The quantitative estimate of drug-likeness (QED) is 0.761. The lowest BCUT2D eigenvalue weighted by Gasteiger charge is -2.19. The number of nitrogens with zero attached hydrogens (tertiary/aromatic N) is 2. The molecule has 1 aromatic heterocycles. The van der Waals surface area contributed by atoms with Gasteiger partial charge in [-0.2, -0.15) is 0 Å². The first-order valence-corrected chi connectivity index (χ1v) is 10.2. The van der Waals surface area contributed by atoms with Crippen molar-refractivity contribution in [3.8, 4) is 5.75 Å². The molecular weight excluding hydrogens is 364 g/mol. The Kier molecular flexibility index (Phi) is 3.95. The number of ether oxygens (including phenoxy) is 1. The third-order valence-electron chi connectivity index (χ3n) is 6.22. The van der Waals surface area contributed by atoms with Gasteiger partial charge in [0.05, 0.1) is 18.8 Å². The summed E-state index contributed by atoms with van der Waals surface area (Å²) in [7, 11) is 1.84. The number of carbonyl (C=O) groups excluding carboxylic acids is 1. The minimum atomic E-state index is -0.128. The molecule has 0 bridgehead atoms. The van der Waals surface area contributed by atoms with Crippen LogP contribution < -0.4 is 10.1 Å². The largest absolute Gasteiger partial charge is 0.490 e. The number of Topliss-reactive ketones (excluding diaryl/α,β-unsaturated/α-hetero) is 1. The minimum Gasteiger partial charge on any atom is -0.490 e. The van der Waals surface area contributed by atoms with E-state index in [0.29, 0.717) is 30.5 Å². The van der Waals surface area contributed by atoms with Crippen LogP contribution in [0.25, 0.3) is 0 Å². The fourth-order valence-electron chi connectivity index (χ4n) is 4.24. The Hall–Kier alpha value is -2.89. The molecule has 1 aromatic carbocycles. The summed E-state index contributed by atoms with van der Waals surface area (Å²) in [5.41, 5.74) is 5.28. The van der Waals surface area contributed by atoms with Crippen LogP contribution in [0, 0.1) is 5.41 Å². The fraction of sp³-hybridized carbons (Fsp3) is 0.435. The Morgan fingerprint density at radius 2 is 2.14 bits per heavy atom. The Morgan fingerprint density at radius 3 is 2.86 bits per heavy atom. The molecule has 2 aromatic rings. The molecule has 3 aliphatic rings. The van der Waals surface area contributed by atoms with E-state index < -0.39 is 0 Å². The summed E-state index contributed by atoms with van der Waals surface area (Å²) < 4.78 is 5.87. The predicted molar refractivity (Wildman–Crippen MR) is 112 cm³/mol. The number of fused-ring (bicyclic) bond motifs is 2. The third-order valence-corrected chi connectivity index (χ3v) is 6.22. The average Bonchev–Trinajstić information content (AvgIpc) is 3.45. The number of aromatic nitrogens is 1. The number of benzene rings is 1. The lowest BCUT2D eigenvalue weighted by molar-refractivity contribution is 0.0962. The van der Waals surface area contributed by atoms with Crippen molar-refractivity contribution in [2.45, 2.75) is 44.6 Å². The van der Waals surface area contributed by atoms with Crippen LogP contribution in [-0.2, 0) is 12.0 Å². The van der Waals surface area contributed by atoms with Crippen molar-refractivity contribution in [1.29, 1.82) is 5.41 Å². The summed E-state index contributed by atoms with van der Waals surface area (Å²) in [6.45, 7) is 5.61. The predicted octanol–water partition coefficient (Wildman–Crippen LogP) is 3.69. The highest BCUT2D eigenvalue weighted by atomic mass is 16.5. The van der Waals surface area contributed by atoms with E-state index in [0.717, 1.165) is 34.0 Å². The Labute approximate surface area is 170 Å². The van der Waals surface area contributed by atoms with Gasteiger partial charge in [0.15, 0.2) is 5.78 Å². The van der Waals surface area contributed by atoms with E-state index >= 15 is 0 Å². The van der Waals surface area contributed by atoms with Crippen LogP contribution >= 0.6 is 0 Å². The monoisotopic (exact) mass is 390 g/mol. The molecule has 0 amide bonds. The van der Waals surface area contributed by atoms with Crippen LogP contribution in [0.3, 0.4) is 0 Å². The van der Waals surface area contributed by atoms with Crippen molar-refractivity contribution in [3.05, 3.63) is 52.3 Å². The summed E-state index contributed by atoms with van der Waals surface area (Å²) in [6.07, 6.45) is 2.38. The molecule has 2 N–H and O–H groups in total. The molecule has 0 unspecified atom stereocenters. The molecule has 0 atom stereocenters. The molecule has 6 nitrogen and oxygen atoms in total. The van der Waals surface area contributed by atoms with Crippen LogP contribution in [0.15, 0.2) is 24.3 Å². The van der Waals surface area contributed by atoms with Gasteiger partial charge in [0.25, 0.3) is 0 Å². The number of rotatable bonds is 5. The second-order valence-corrected chi connectivity index (χ2v) is 8.97. The first-order valence-electron chi connectivity index (χ1n) is 10.2. The molecule has 0 saturated heterocycles. The van der Waals surface area contributed by atoms with Gasteiger partial charge in [0, 0.05) is 47.3 Å². The Morgan fingerprint density at radius 1 is 1.34 bits per heavy atom. The molecular formula is C23H26N4O2. The zero-order valence-corrected chi connectivity index (χ0v) is 17.1. The molecule has 29 heavy (non-hydrogen) atoms. The van der Waals surface area contributed by atoms with Crippen LogP contribution in [0.5, 0.6) is 5.75 Å². The van der Waals surface area contributed by atoms with Gasteiger partial charge in [0.2, 0.25) is 0 Å². The number of carbonyl (C=O) groups is 1. The molecule has 6 heteroatoms.